The number of hydrogen-bond acceptors (Lipinski definition) is 6. The third-order valence-electron chi connectivity index (χ3n) is 6.90. The van der Waals surface area contributed by atoms with Crippen molar-refractivity contribution in [1.82, 2.24) is 14.8 Å². The fourth-order valence-corrected chi connectivity index (χ4v) is 5.21. The van der Waals surface area contributed by atoms with E-state index >= 15 is 0 Å². The Hall–Kier alpha value is -3.87. The molecule has 0 bridgehead atoms. The molecule has 7 heteroatoms. The minimum absolute atomic E-state index is 0.353. The average Bonchev–Trinajstić information content (AvgIpc) is 3.34. The number of aliphatic imine (C=N–C) groups is 3. The predicted molar refractivity (Wildman–Crippen MR) is 142 cm³/mol. The first-order chi connectivity index (χ1) is 16.7. The normalized spacial score (nSPS) is 19.2. The summed E-state index contributed by atoms with van der Waals surface area (Å²) in [4.78, 5) is 16.2. The molecular weight excluding hydrogens is 422 g/mol. The molecule has 3 aliphatic heterocycles. The average molecular weight is 452 g/mol. The Morgan fingerprint density at radius 3 is 2.97 bits per heavy atom. The molecule has 0 saturated carbocycles. The van der Waals surface area contributed by atoms with Crippen molar-refractivity contribution in [3.8, 4) is 11.1 Å². The maximum Gasteiger partial charge on any atom is 0.198 e. The van der Waals surface area contributed by atoms with E-state index in [1.165, 1.54) is 33.2 Å². The van der Waals surface area contributed by atoms with Crippen LogP contribution >= 0.6 is 0 Å². The van der Waals surface area contributed by atoms with Gasteiger partial charge in [0.2, 0.25) is 0 Å². The summed E-state index contributed by atoms with van der Waals surface area (Å²) in [6.07, 6.45) is 10.9. The van der Waals surface area contributed by atoms with Gasteiger partial charge in [0.25, 0.3) is 0 Å². The number of nitrogens with one attached hydrogen (secondary N) is 2. The fraction of sp³-hybridized carbons (Fsp3) is 0.296. The fourth-order valence-electron chi connectivity index (χ4n) is 5.21. The molecule has 3 aromatic rings. The van der Waals surface area contributed by atoms with Gasteiger partial charge in [-0.1, -0.05) is 6.07 Å². The van der Waals surface area contributed by atoms with Crippen molar-refractivity contribution in [2.45, 2.75) is 25.9 Å². The minimum Gasteiger partial charge on any atom is -0.380 e. The minimum atomic E-state index is 0.353. The first-order valence-electron chi connectivity index (χ1n) is 11.9. The number of aryl methyl sites for hydroxylation is 2. The molecule has 0 spiro atoms. The molecular formula is C27H29N7. The highest BCUT2D eigenvalue weighted by atomic mass is 15.3. The topological polar surface area (TPSA) is 69.3 Å². The molecule has 0 radical (unpaired) electrons. The highest BCUT2D eigenvalue weighted by molar-refractivity contribution is 6.17. The molecule has 6 rings (SSSR count). The second-order valence-corrected chi connectivity index (χ2v) is 9.23. The van der Waals surface area contributed by atoms with Gasteiger partial charge in [-0.25, -0.2) is 4.99 Å². The lowest BCUT2D eigenvalue weighted by Crippen LogP contribution is -2.40. The number of nitrogens with zero attached hydrogens (tertiary/aromatic N) is 5. The number of benzene rings is 2. The summed E-state index contributed by atoms with van der Waals surface area (Å²) in [5.41, 5.74) is 8.19. The molecule has 0 amide bonds. The molecule has 7 nitrogen and oxygen atoms in total. The highest BCUT2D eigenvalue weighted by Crippen LogP contribution is 2.38. The first kappa shape index (κ1) is 20.7. The van der Waals surface area contributed by atoms with E-state index < -0.39 is 0 Å². The number of likely N-dealkylation sites (tertiary alicyclic amines) is 1. The second-order valence-electron chi connectivity index (χ2n) is 9.23. The van der Waals surface area contributed by atoms with Gasteiger partial charge in [0.15, 0.2) is 5.96 Å². The van der Waals surface area contributed by atoms with Crippen molar-refractivity contribution in [3.05, 3.63) is 59.9 Å². The van der Waals surface area contributed by atoms with E-state index in [4.69, 9.17) is 4.99 Å². The standard InChI is InChI=1S/C27H29N7/c1-18-16-33(2)26-5-4-19(12-22(18)26)23-13-21(14-25-24(23)15-28-9-10-29-25)32-20-6-11-34(17-20)27-30-7-3-8-31-27/h3-5,7,9-10,12-14,16,20,32H,6,8,11,15,17H2,1-2H3,(H,30,31)/t20-/m0/s1. The highest BCUT2D eigenvalue weighted by Gasteiger charge is 2.26. The summed E-state index contributed by atoms with van der Waals surface area (Å²) < 4.78 is 2.19. The third kappa shape index (κ3) is 3.77. The lowest BCUT2D eigenvalue weighted by Gasteiger charge is -2.23. The Labute approximate surface area is 199 Å². The maximum absolute atomic E-state index is 4.71. The maximum atomic E-state index is 4.71. The molecule has 4 heterocycles. The van der Waals surface area contributed by atoms with Gasteiger partial charge < -0.3 is 20.1 Å². The molecule has 1 saturated heterocycles. The SMILES string of the molecule is Cc1cn(C)c2ccc(-c3cc(N[C@H]4CCN(C5=NCC=CN5)C4)cc4c3CN=CC=N4)cc12. The number of aromatic nitrogens is 1. The van der Waals surface area contributed by atoms with Crippen LogP contribution in [-0.2, 0) is 13.6 Å². The Kier molecular flexibility index (Phi) is 5.17. The summed E-state index contributed by atoms with van der Waals surface area (Å²) in [6, 6.07) is 11.5. The van der Waals surface area contributed by atoms with Crippen molar-refractivity contribution in [1.29, 1.82) is 0 Å². The number of hydrogen-bond donors (Lipinski definition) is 2. The van der Waals surface area contributed by atoms with E-state index in [-0.39, 0.29) is 0 Å². The number of guanidine groups is 1. The van der Waals surface area contributed by atoms with E-state index in [0.717, 1.165) is 43.4 Å². The third-order valence-corrected chi connectivity index (χ3v) is 6.90. The van der Waals surface area contributed by atoms with Crippen molar-refractivity contribution < 1.29 is 0 Å². The zero-order valence-corrected chi connectivity index (χ0v) is 19.6. The van der Waals surface area contributed by atoms with Crippen LogP contribution in [0.3, 0.4) is 0 Å². The summed E-state index contributed by atoms with van der Waals surface area (Å²) >= 11 is 0. The Balaban J connectivity index is 1.34. The molecule has 2 aromatic carbocycles. The monoisotopic (exact) mass is 451 g/mol. The van der Waals surface area contributed by atoms with E-state index in [0.29, 0.717) is 12.6 Å². The summed E-state index contributed by atoms with van der Waals surface area (Å²) in [5.74, 6) is 0.975. The lowest BCUT2D eigenvalue weighted by molar-refractivity contribution is 0.495. The zero-order valence-electron chi connectivity index (χ0n) is 19.6. The molecule has 3 aliphatic rings. The second kappa shape index (κ2) is 8.48. The van der Waals surface area contributed by atoms with Gasteiger partial charge in [0.1, 0.15) is 0 Å². The van der Waals surface area contributed by atoms with Gasteiger partial charge in [-0.05, 0) is 60.4 Å². The van der Waals surface area contributed by atoms with Crippen LogP contribution in [0, 0.1) is 6.92 Å². The molecule has 1 fully saturated rings. The summed E-state index contributed by atoms with van der Waals surface area (Å²) in [6.45, 7) is 5.47. The molecule has 2 N–H and O–H groups in total. The Bertz CT molecular complexity index is 1380. The molecule has 1 atom stereocenters. The van der Waals surface area contributed by atoms with E-state index in [1.807, 2.05) is 12.3 Å². The largest absolute Gasteiger partial charge is 0.380 e. The molecule has 1 aromatic heterocycles. The number of fused-ring (bicyclic) bond motifs is 2. The van der Waals surface area contributed by atoms with Crippen molar-refractivity contribution in [3.63, 3.8) is 0 Å². The quantitative estimate of drug-likeness (QED) is 0.620. The van der Waals surface area contributed by atoms with Crippen molar-refractivity contribution in [2.24, 2.45) is 22.0 Å². The van der Waals surface area contributed by atoms with Gasteiger partial charge in [-0.15, -0.1) is 0 Å². The van der Waals surface area contributed by atoms with Crippen LogP contribution < -0.4 is 10.6 Å². The van der Waals surface area contributed by atoms with Gasteiger partial charge in [-0.3, -0.25) is 9.98 Å². The van der Waals surface area contributed by atoms with Crippen LogP contribution in [0.5, 0.6) is 0 Å². The number of anilines is 1. The molecule has 172 valence electrons. The summed E-state index contributed by atoms with van der Waals surface area (Å²) in [5, 5.41) is 8.35. The zero-order chi connectivity index (χ0) is 23.1. The van der Waals surface area contributed by atoms with Crippen molar-refractivity contribution >= 4 is 40.7 Å². The molecule has 0 unspecified atom stereocenters. The van der Waals surface area contributed by atoms with E-state index in [9.17, 15) is 0 Å². The first-order valence-corrected chi connectivity index (χ1v) is 11.9. The van der Waals surface area contributed by atoms with Crippen LogP contribution in [0.15, 0.2) is 63.8 Å². The van der Waals surface area contributed by atoms with Crippen LogP contribution in [0.4, 0.5) is 11.4 Å². The lowest BCUT2D eigenvalue weighted by atomic mass is 9.95. The number of rotatable bonds is 3. The van der Waals surface area contributed by atoms with E-state index in [1.54, 1.807) is 12.4 Å². The Morgan fingerprint density at radius 1 is 1.15 bits per heavy atom. The Morgan fingerprint density at radius 2 is 2.09 bits per heavy atom. The van der Waals surface area contributed by atoms with Gasteiger partial charge in [0.05, 0.1) is 18.8 Å². The van der Waals surface area contributed by atoms with Crippen LogP contribution in [0.1, 0.15) is 17.5 Å². The van der Waals surface area contributed by atoms with Gasteiger partial charge in [0, 0.05) is 73.2 Å². The smallest absolute Gasteiger partial charge is 0.198 e. The van der Waals surface area contributed by atoms with Crippen LogP contribution in [0.2, 0.25) is 0 Å². The molecule has 0 aliphatic carbocycles. The van der Waals surface area contributed by atoms with Crippen LogP contribution in [-0.4, -0.2) is 53.5 Å². The molecule has 34 heavy (non-hydrogen) atoms. The van der Waals surface area contributed by atoms with Gasteiger partial charge in [-0.2, -0.15) is 0 Å². The summed E-state index contributed by atoms with van der Waals surface area (Å²) in [7, 11) is 2.10. The van der Waals surface area contributed by atoms with Gasteiger partial charge >= 0.3 is 0 Å². The van der Waals surface area contributed by atoms with Crippen LogP contribution in [0.25, 0.3) is 22.0 Å². The van der Waals surface area contributed by atoms with Crippen molar-refractivity contribution in [2.75, 3.05) is 25.0 Å². The van der Waals surface area contributed by atoms with E-state index in [2.05, 4.69) is 80.6 Å². The predicted octanol–water partition coefficient (Wildman–Crippen LogP) is 4.40.